The Labute approximate surface area is 147 Å². The van der Waals surface area contributed by atoms with E-state index in [4.69, 9.17) is 5.73 Å². The van der Waals surface area contributed by atoms with Gasteiger partial charge in [0.15, 0.2) is 0 Å². The van der Waals surface area contributed by atoms with Gasteiger partial charge < -0.3 is 16.2 Å². The number of hydrogen-bond acceptors (Lipinski definition) is 4. The van der Waals surface area contributed by atoms with Gasteiger partial charge in [-0.1, -0.05) is 30.3 Å². The monoisotopic (exact) mass is 345 g/mol. The summed E-state index contributed by atoms with van der Waals surface area (Å²) in [5.41, 5.74) is 7.17. The molecule has 0 bridgehead atoms. The number of rotatable bonds is 8. The molecule has 0 aliphatic heterocycles. The molecule has 0 spiro atoms. The van der Waals surface area contributed by atoms with Gasteiger partial charge in [-0.2, -0.15) is 0 Å². The van der Waals surface area contributed by atoms with Crippen molar-refractivity contribution in [3.8, 4) is 0 Å². The van der Waals surface area contributed by atoms with Crippen LogP contribution in [0.2, 0.25) is 0 Å². The summed E-state index contributed by atoms with van der Waals surface area (Å²) in [6.07, 6.45) is 0.783. The Balaban J connectivity index is 1.94. The fourth-order valence-electron chi connectivity index (χ4n) is 2.72. The van der Waals surface area contributed by atoms with Crippen LogP contribution >= 0.6 is 0 Å². The number of aliphatic hydroxyl groups is 1. The first-order chi connectivity index (χ1) is 12.0. The Hall–Kier alpha value is -2.44. The summed E-state index contributed by atoms with van der Waals surface area (Å²) in [5, 5.41) is 11.9. The van der Waals surface area contributed by atoms with Crippen molar-refractivity contribution in [1.29, 1.82) is 0 Å². The van der Waals surface area contributed by atoms with Crippen molar-refractivity contribution >= 4 is 17.3 Å². The van der Waals surface area contributed by atoms with Gasteiger partial charge in [0.05, 0.1) is 5.69 Å². The number of nitrogens with zero attached hydrogens (tertiary/aromatic N) is 1. The van der Waals surface area contributed by atoms with E-state index in [-0.39, 0.29) is 30.7 Å². The molecule has 2 rings (SSSR count). The van der Waals surface area contributed by atoms with E-state index in [0.29, 0.717) is 18.7 Å². The first-order valence-corrected chi connectivity index (χ1v) is 8.22. The van der Waals surface area contributed by atoms with Crippen LogP contribution < -0.4 is 11.1 Å². The molecule has 0 aliphatic carbocycles. The van der Waals surface area contributed by atoms with Crippen LogP contribution in [0.15, 0.2) is 48.5 Å². The maximum Gasteiger partial charge on any atom is 0.225 e. The highest BCUT2D eigenvalue weighted by Crippen LogP contribution is 2.23. The van der Waals surface area contributed by atoms with Gasteiger partial charge in [-0.15, -0.1) is 0 Å². The number of benzene rings is 2. The molecule has 134 valence electrons. The van der Waals surface area contributed by atoms with Crippen LogP contribution in [0.4, 0.5) is 15.8 Å². The van der Waals surface area contributed by atoms with Crippen LogP contribution in [-0.4, -0.2) is 36.1 Å². The first kappa shape index (κ1) is 18.9. The topological polar surface area (TPSA) is 78.6 Å². The van der Waals surface area contributed by atoms with Gasteiger partial charge in [0.1, 0.15) is 5.82 Å². The highest BCUT2D eigenvalue weighted by Gasteiger charge is 2.17. The SMILES string of the molecule is CN(CCC(=O)Nc1cc(N)ccc1F)C(CCO)c1ccccc1. The minimum Gasteiger partial charge on any atom is -0.399 e. The highest BCUT2D eigenvalue weighted by atomic mass is 19.1. The number of aliphatic hydroxyl groups excluding tert-OH is 1. The minimum atomic E-state index is -0.515. The zero-order valence-electron chi connectivity index (χ0n) is 14.3. The van der Waals surface area contributed by atoms with Gasteiger partial charge in [-0.05, 0) is 37.2 Å². The Bertz CT molecular complexity index is 694. The molecule has 6 heteroatoms. The van der Waals surface area contributed by atoms with E-state index >= 15 is 0 Å². The van der Waals surface area contributed by atoms with Gasteiger partial charge in [0, 0.05) is 31.3 Å². The maximum absolute atomic E-state index is 13.7. The lowest BCUT2D eigenvalue weighted by Gasteiger charge is -2.28. The van der Waals surface area contributed by atoms with Crippen LogP contribution in [-0.2, 0) is 4.79 Å². The molecule has 1 amide bonds. The lowest BCUT2D eigenvalue weighted by Crippen LogP contribution is -2.29. The number of carbonyl (C=O) groups excluding carboxylic acids is 1. The lowest BCUT2D eigenvalue weighted by molar-refractivity contribution is -0.116. The molecule has 0 aromatic heterocycles. The van der Waals surface area contributed by atoms with E-state index in [9.17, 15) is 14.3 Å². The Morgan fingerprint density at radius 2 is 2.00 bits per heavy atom. The number of anilines is 2. The van der Waals surface area contributed by atoms with Gasteiger partial charge in [0.2, 0.25) is 5.91 Å². The molecule has 0 fully saturated rings. The second-order valence-electron chi connectivity index (χ2n) is 5.96. The quantitative estimate of drug-likeness (QED) is 0.643. The lowest BCUT2D eigenvalue weighted by atomic mass is 10.0. The van der Waals surface area contributed by atoms with Crippen LogP contribution in [0.3, 0.4) is 0 Å². The largest absolute Gasteiger partial charge is 0.399 e. The molecule has 0 radical (unpaired) electrons. The van der Waals surface area contributed by atoms with Gasteiger partial charge >= 0.3 is 0 Å². The van der Waals surface area contributed by atoms with Gasteiger partial charge in [-0.25, -0.2) is 4.39 Å². The van der Waals surface area contributed by atoms with Crippen molar-refractivity contribution in [2.75, 3.05) is 31.2 Å². The van der Waals surface area contributed by atoms with E-state index in [2.05, 4.69) is 5.32 Å². The molecule has 1 atom stereocenters. The van der Waals surface area contributed by atoms with Gasteiger partial charge in [-0.3, -0.25) is 9.69 Å². The van der Waals surface area contributed by atoms with Crippen LogP contribution in [0, 0.1) is 5.82 Å². The fraction of sp³-hybridized carbons (Fsp3) is 0.316. The third-order valence-electron chi connectivity index (χ3n) is 4.08. The number of carbonyl (C=O) groups is 1. The molecule has 0 saturated heterocycles. The second kappa shape index (κ2) is 9.15. The molecule has 25 heavy (non-hydrogen) atoms. The number of nitrogens with two attached hydrogens (primary N) is 1. The standard InChI is InChI=1S/C19H24FN3O2/c1-23(18(10-12-24)14-5-3-2-4-6-14)11-9-19(25)22-17-13-15(21)7-8-16(17)20/h2-8,13,18,24H,9-12,21H2,1H3,(H,22,25). The van der Waals surface area contributed by atoms with E-state index in [1.807, 2.05) is 42.3 Å². The van der Waals surface area contributed by atoms with Crippen molar-refractivity contribution in [1.82, 2.24) is 4.90 Å². The van der Waals surface area contributed by atoms with Crippen molar-refractivity contribution < 1.29 is 14.3 Å². The average Bonchev–Trinajstić information content (AvgIpc) is 2.61. The predicted molar refractivity (Wildman–Crippen MR) is 97.6 cm³/mol. The van der Waals surface area contributed by atoms with Crippen LogP contribution in [0.5, 0.6) is 0 Å². The summed E-state index contributed by atoms with van der Waals surface area (Å²) < 4.78 is 13.7. The fourth-order valence-corrected chi connectivity index (χ4v) is 2.72. The molecule has 0 saturated carbocycles. The molecule has 5 nitrogen and oxygen atoms in total. The summed E-state index contributed by atoms with van der Waals surface area (Å²) in [6, 6.07) is 13.9. The number of halogens is 1. The zero-order valence-corrected chi connectivity index (χ0v) is 14.3. The summed E-state index contributed by atoms with van der Waals surface area (Å²) in [4.78, 5) is 14.1. The molecule has 1 unspecified atom stereocenters. The molecular formula is C19H24FN3O2. The summed E-state index contributed by atoms with van der Waals surface area (Å²) in [5.74, 6) is -0.800. The molecule has 2 aromatic rings. The highest BCUT2D eigenvalue weighted by molar-refractivity contribution is 5.91. The Kier molecular flexibility index (Phi) is 6.91. The number of amides is 1. The third-order valence-corrected chi connectivity index (χ3v) is 4.08. The summed E-state index contributed by atoms with van der Waals surface area (Å²) in [7, 11) is 1.90. The summed E-state index contributed by atoms with van der Waals surface area (Å²) in [6.45, 7) is 0.542. The van der Waals surface area contributed by atoms with Crippen molar-refractivity contribution in [3.63, 3.8) is 0 Å². The number of nitrogen functional groups attached to an aromatic ring is 1. The van der Waals surface area contributed by atoms with Crippen molar-refractivity contribution in [2.24, 2.45) is 0 Å². The summed E-state index contributed by atoms with van der Waals surface area (Å²) >= 11 is 0. The van der Waals surface area contributed by atoms with E-state index in [0.717, 1.165) is 5.56 Å². The van der Waals surface area contributed by atoms with E-state index in [1.165, 1.54) is 18.2 Å². The molecule has 2 aromatic carbocycles. The number of hydrogen-bond donors (Lipinski definition) is 3. The third kappa shape index (κ3) is 5.55. The Morgan fingerprint density at radius 1 is 1.28 bits per heavy atom. The van der Waals surface area contributed by atoms with Crippen LogP contribution in [0.25, 0.3) is 0 Å². The van der Waals surface area contributed by atoms with E-state index in [1.54, 1.807) is 0 Å². The predicted octanol–water partition coefficient (Wildman–Crippen LogP) is 2.79. The smallest absolute Gasteiger partial charge is 0.225 e. The molecular weight excluding hydrogens is 321 g/mol. The first-order valence-electron chi connectivity index (χ1n) is 8.22. The molecule has 0 aliphatic rings. The van der Waals surface area contributed by atoms with Crippen molar-refractivity contribution in [3.05, 3.63) is 59.9 Å². The average molecular weight is 345 g/mol. The zero-order chi connectivity index (χ0) is 18.2. The van der Waals surface area contributed by atoms with Crippen molar-refractivity contribution in [2.45, 2.75) is 18.9 Å². The maximum atomic E-state index is 13.7. The Morgan fingerprint density at radius 3 is 2.68 bits per heavy atom. The molecule has 0 heterocycles. The van der Waals surface area contributed by atoms with Gasteiger partial charge in [0.25, 0.3) is 0 Å². The molecule has 4 N–H and O–H groups in total. The van der Waals surface area contributed by atoms with Crippen LogP contribution in [0.1, 0.15) is 24.4 Å². The second-order valence-corrected chi connectivity index (χ2v) is 5.96. The number of nitrogens with one attached hydrogen (secondary N) is 1. The minimum absolute atomic E-state index is 0.0168. The normalized spacial score (nSPS) is 12.2. The van der Waals surface area contributed by atoms with E-state index < -0.39 is 5.82 Å².